The number of hydrogen-bond acceptors (Lipinski definition) is 6. The molecule has 0 spiro atoms. The molecule has 0 N–H and O–H groups in total. The lowest BCUT2D eigenvalue weighted by atomic mass is 9.76. The quantitative estimate of drug-likeness (QED) is 0.309. The molecule has 1 saturated heterocycles. The number of esters is 1. The normalized spacial score (nSPS) is 20.7. The van der Waals surface area contributed by atoms with Crippen molar-refractivity contribution >= 4 is 23.6 Å². The molecule has 1 unspecified atom stereocenters. The van der Waals surface area contributed by atoms with Crippen molar-refractivity contribution in [2.45, 2.75) is 69.2 Å². The first-order valence-electron chi connectivity index (χ1n) is 13.2. The van der Waals surface area contributed by atoms with E-state index in [1.807, 2.05) is 12.1 Å². The van der Waals surface area contributed by atoms with E-state index in [-0.39, 0.29) is 5.97 Å². The Morgan fingerprint density at radius 3 is 2.63 bits per heavy atom. The van der Waals surface area contributed by atoms with E-state index in [0.717, 1.165) is 49.7 Å². The molecule has 1 aliphatic carbocycles. The van der Waals surface area contributed by atoms with Crippen molar-refractivity contribution in [1.82, 2.24) is 0 Å². The number of ether oxygens (including phenoxy) is 3. The van der Waals surface area contributed by atoms with Gasteiger partial charge in [0, 0.05) is 24.2 Å². The second kappa shape index (κ2) is 11.3. The molecule has 0 amide bonds. The van der Waals surface area contributed by atoms with Gasteiger partial charge in [0.05, 0.1) is 19.4 Å². The van der Waals surface area contributed by atoms with Crippen LogP contribution in [0.5, 0.6) is 5.75 Å². The molecule has 2 aromatic rings. The Bertz CT molecular complexity index is 1030. The summed E-state index contributed by atoms with van der Waals surface area (Å²) in [6.07, 6.45) is 9.36. The Morgan fingerprint density at radius 1 is 1.09 bits per heavy atom. The fourth-order valence-electron chi connectivity index (χ4n) is 5.44. The summed E-state index contributed by atoms with van der Waals surface area (Å²) in [6.45, 7) is 4.39. The number of hydrogen-bond donors (Lipinski definition) is 0. The molecule has 5 rings (SSSR count). The minimum atomic E-state index is -0.350. The number of benzene rings is 2. The highest BCUT2D eigenvalue weighted by Gasteiger charge is 2.36. The monoisotopic (exact) mass is 495 g/mol. The van der Waals surface area contributed by atoms with Crippen LogP contribution in [-0.4, -0.2) is 38.9 Å². The van der Waals surface area contributed by atoms with Gasteiger partial charge in [0.15, 0.2) is 0 Å². The van der Waals surface area contributed by atoms with Gasteiger partial charge >= 0.3 is 5.97 Å². The Hall–Kier alpha value is -2.18. The summed E-state index contributed by atoms with van der Waals surface area (Å²) in [7, 11) is 1.43. The van der Waals surface area contributed by atoms with Gasteiger partial charge in [-0.2, -0.15) is 0 Å². The highest BCUT2D eigenvalue weighted by Crippen LogP contribution is 2.46. The number of rotatable bonds is 8. The van der Waals surface area contributed by atoms with Crippen molar-refractivity contribution in [2.75, 3.05) is 31.2 Å². The Labute approximate surface area is 213 Å². The van der Waals surface area contributed by atoms with Crippen molar-refractivity contribution in [3.8, 4) is 5.75 Å². The van der Waals surface area contributed by atoms with Crippen LogP contribution in [0.1, 0.15) is 66.9 Å². The molecule has 1 atom stereocenters. The van der Waals surface area contributed by atoms with Gasteiger partial charge in [-0.3, -0.25) is 0 Å². The van der Waals surface area contributed by atoms with Gasteiger partial charge in [0.2, 0.25) is 0 Å². The van der Waals surface area contributed by atoms with Gasteiger partial charge in [-0.1, -0.05) is 25.5 Å². The van der Waals surface area contributed by atoms with Crippen LogP contribution in [0.15, 0.2) is 41.3 Å². The van der Waals surface area contributed by atoms with Crippen molar-refractivity contribution in [2.24, 2.45) is 11.8 Å². The van der Waals surface area contributed by atoms with E-state index in [1.54, 1.807) is 11.9 Å². The molecule has 2 heterocycles. The van der Waals surface area contributed by atoms with Crippen LogP contribution < -0.4 is 9.04 Å². The average molecular weight is 496 g/mol. The highest BCUT2D eigenvalue weighted by molar-refractivity contribution is 8.00. The molecular weight excluding hydrogens is 458 g/mol. The van der Waals surface area contributed by atoms with Crippen molar-refractivity contribution in [3.05, 3.63) is 53.1 Å². The molecular formula is C29H37NO4S. The van der Waals surface area contributed by atoms with Crippen LogP contribution in [0.25, 0.3) is 0 Å². The third-order valence-electron chi connectivity index (χ3n) is 7.87. The minimum absolute atomic E-state index is 0.350. The van der Waals surface area contributed by atoms with Gasteiger partial charge < -0.3 is 18.5 Å². The van der Waals surface area contributed by atoms with Crippen LogP contribution in [0.3, 0.4) is 0 Å². The zero-order valence-electron chi connectivity index (χ0n) is 21.0. The molecule has 6 heteroatoms. The van der Waals surface area contributed by atoms with Crippen LogP contribution in [0.4, 0.5) is 5.69 Å². The van der Waals surface area contributed by atoms with Crippen LogP contribution in [0.2, 0.25) is 0 Å². The second-order valence-corrected chi connectivity index (χ2v) is 11.1. The molecule has 2 aromatic carbocycles. The first-order valence-corrected chi connectivity index (χ1v) is 14.0. The Balaban J connectivity index is 1.39. The molecule has 2 aliphatic heterocycles. The third kappa shape index (κ3) is 5.49. The zero-order chi connectivity index (χ0) is 24.2. The predicted molar refractivity (Wildman–Crippen MR) is 140 cm³/mol. The number of carbonyl (C=O) groups excluding carboxylic acids is 1. The van der Waals surface area contributed by atoms with Crippen molar-refractivity contribution in [3.63, 3.8) is 0 Å². The molecule has 5 nitrogen and oxygen atoms in total. The van der Waals surface area contributed by atoms with Gasteiger partial charge in [0.1, 0.15) is 11.3 Å². The number of methoxy groups -OCH3 is 1. The van der Waals surface area contributed by atoms with E-state index >= 15 is 0 Å². The average Bonchev–Trinajstić information content (AvgIpc) is 2.87. The maximum absolute atomic E-state index is 12.7. The van der Waals surface area contributed by atoms with E-state index in [9.17, 15) is 4.79 Å². The van der Waals surface area contributed by atoms with Crippen LogP contribution in [0, 0.1) is 11.8 Å². The summed E-state index contributed by atoms with van der Waals surface area (Å²) < 4.78 is 19.2. The lowest BCUT2D eigenvalue weighted by Crippen LogP contribution is -2.42. The molecule has 188 valence electrons. The first kappa shape index (κ1) is 24.5. The van der Waals surface area contributed by atoms with E-state index < -0.39 is 0 Å². The second-order valence-electron chi connectivity index (χ2n) is 10.0. The number of aryl methyl sites for hydroxylation is 2. The van der Waals surface area contributed by atoms with E-state index in [4.69, 9.17) is 14.2 Å². The Kier molecular flexibility index (Phi) is 7.88. The summed E-state index contributed by atoms with van der Waals surface area (Å²) in [4.78, 5) is 13.7. The summed E-state index contributed by atoms with van der Waals surface area (Å²) in [5.41, 5.74) is 4.67. The SMILES string of the molecule is CCc1ccc2c(c1)CCC(C1CCC1)N2Sc1ccc(OCC2CCOCC2)c(C(=O)OC)c1. The molecule has 3 aliphatic rings. The van der Waals surface area contributed by atoms with Crippen molar-refractivity contribution < 1.29 is 19.0 Å². The molecule has 1 saturated carbocycles. The van der Waals surface area contributed by atoms with E-state index in [1.165, 1.54) is 49.6 Å². The summed E-state index contributed by atoms with van der Waals surface area (Å²) in [6, 6.07) is 13.5. The third-order valence-corrected chi connectivity index (χ3v) is 9.00. The van der Waals surface area contributed by atoms with Crippen LogP contribution >= 0.6 is 11.9 Å². The van der Waals surface area contributed by atoms with Crippen molar-refractivity contribution in [1.29, 1.82) is 0 Å². The maximum Gasteiger partial charge on any atom is 0.341 e. The number of nitrogens with zero attached hydrogens (tertiary/aromatic N) is 1. The minimum Gasteiger partial charge on any atom is -0.492 e. The van der Waals surface area contributed by atoms with E-state index in [2.05, 4.69) is 35.5 Å². The van der Waals surface area contributed by atoms with Crippen LogP contribution in [-0.2, 0) is 22.3 Å². The lowest BCUT2D eigenvalue weighted by Gasteiger charge is -2.45. The smallest absolute Gasteiger partial charge is 0.341 e. The van der Waals surface area contributed by atoms with Gasteiger partial charge in [0.25, 0.3) is 0 Å². The summed E-state index contributed by atoms with van der Waals surface area (Å²) >= 11 is 1.76. The highest BCUT2D eigenvalue weighted by atomic mass is 32.2. The largest absolute Gasteiger partial charge is 0.492 e. The molecule has 0 aromatic heterocycles. The molecule has 0 bridgehead atoms. The Morgan fingerprint density at radius 2 is 1.91 bits per heavy atom. The predicted octanol–water partition coefficient (Wildman–Crippen LogP) is 6.47. The lowest BCUT2D eigenvalue weighted by molar-refractivity contribution is 0.0483. The van der Waals surface area contributed by atoms with Gasteiger partial charge in [-0.25, -0.2) is 4.79 Å². The molecule has 0 radical (unpaired) electrons. The van der Waals surface area contributed by atoms with E-state index in [0.29, 0.717) is 29.9 Å². The number of anilines is 1. The fourth-order valence-corrected chi connectivity index (χ4v) is 6.65. The molecule has 2 fully saturated rings. The standard InChI is InChI=1S/C29H37NO4S/c1-3-20-7-10-27-23(17-20)8-11-26(22-5-4-6-22)30(27)35-24-9-12-28(25(18-24)29(31)32-2)34-19-21-13-15-33-16-14-21/h7,9-10,12,17-18,21-22,26H,3-6,8,11,13-16,19H2,1-2H3. The van der Waals surface area contributed by atoms with Gasteiger partial charge in [-0.15, -0.1) is 0 Å². The van der Waals surface area contributed by atoms with Gasteiger partial charge in [-0.05, 0) is 104 Å². The topological polar surface area (TPSA) is 48.0 Å². The first-order chi connectivity index (χ1) is 17.2. The molecule has 35 heavy (non-hydrogen) atoms. The maximum atomic E-state index is 12.7. The number of fused-ring (bicyclic) bond motifs is 1. The summed E-state index contributed by atoms with van der Waals surface area (Å²) in [5, 5.41) is 0. The zero-order valence-corrected chi connectivity index (χ0v) is 21.8. The summed E-state index contributed by atoms with van der Waals surface area (Å²) in [5.74, 6) is 1.47. The fraction of sp³-hybridized carbons (Fsp3) is 0.552. The number of carbonyl (C=O) groups is 1.